The summed E-state index contributed by atoms with van der Waals surface area (Å²) in [6.07, 6.45) is 2.64. The first-order valence-electron chi connectivity index (χ1n) is 13.9. The van der Waals surface area contributed by atoms with E-state index < -0.39 is 16.1 Å². The van der Waals surface area contributed by atoms with Gasteiger partial charge in [-0.2, -0.15) is 0 Å². The zero-order valence-corrected chi connectivity index (χ0v) is 25.8. The molecule has 0 aliphatic heterocycles. The van der Waals surface area contributed by atoms with Gasteiger partial charge >= 0.3 is 0 Å². The predicted octanol–water partition coefficient (Wildman–Crippen LogP) is 5.75. The maximum absolute atomic E-state index is 13.9. The Morgan fingerprint density at radius 2 is 1.56 bits per heavy atom. The van der Waals surface area contributed by atoms with E-state index in [4.69, 9.17) is 11.6 Å². The van der Waals surface area contributed by atoms with Crippen molar-refractivity contribution in [2.75, 3.05) is 17.1 Å². The van der Waals surface area contributed by atoms with Crippen LogP contribution in [0.15, 0.2) is 78.9 Å². The van der Waals surface area contributed by atoms with Gasteiger partial charge in [0.05, 0.1) is 11.9 Å². The SMILES string of the molecule is CC[C@@H](C)NC(=O)[C@@H](Cc1ccccc1)N(Cc1ccc(Cl)cc1)C(=O)CCCN(c1ccc(C)cc1)S(C)(=O)=O. The third kappa shape index (κ3) is 9.90. The minimum Gasteiger partial charge on any atom is -0.352 e. The van der Waals surface area contributed by atoms with Gasteiger partial charge in [0.15, 0.2) is 0 Å². The molecule has 220 valence electrons. The van der Waals surface area contributed by atoms with Crippen LogP contribution in [0.2, 0.25) is 5.02 Å². The molecule has 0 heterocycles. The molecule has 0 bridgehead atoms. The number of hydrogen-bond acceptors (Lipinski definition) is 4. The van der Waals surface area contributed by atoms with Crippen LogP contribution in [0.5, 0.6) is 0 Å². The summed E-state index contributed by atoms with van der Waals surface area (Å²) < 4.78 is 26.5. The second-order valence-corrected chi connectivity index (χ2v) is 12.8. The Bertz CT molecular complexity index is 1380. The minimum absolute atomic E-state index is 0.0499. The smallest absolute Gasteiger partial charge is 0.243 e. The van der Waals surface area contributed by atoms with Crippen LogP contribution in [0.3, 0.4) is 0 Å². The first-order valence-corrected chi connectivity index (χ1v) is 16.1. The summed E-state index contributed by atoms with van der Waals surface area (Å²) in [6, 6.07) is 23.3. The number of nitrogens with zero attached hydrogens (tertiary/aromatic N) is 2. The van der Waals surface area contributed by atoms with Gasteiger partial charge in [-0.05, 0) is 62.1 Å². The average molecular weight is 598 g/mol. The Morgan fingerprint density at radius 3 is 2.15 bits per heavy atom. The Morgan fingerprint density at radius 1 is 0.927 bits per heavy atom. The van der Waals surface area contributed by atoms with Gasteiger partial charge in [-0.15, -0.1) is 0 Å². The summed E-state index contributed by atoms with van der Waals surface area (Å²) in [5.74, 6) is -0.444. The standard InChI is InChI=1S/C32H40ClN3O4S/c1-5-25(3)34-32(38)30(22-26-10-7-6-8-11-26)35(23-27-15-17-28(33)18-16-27)31(37)12-9-21-36(41(4,39)40)29-19-13-24(2)14-20-29/h6-8,10-11,13-20,25,30H,5,9,12,21-23H2,1-4H3,(H,34,38)/t25-,30-/m1/s1. The van der Waals surface area contributed by atoms with Crippen LogP contribution in [0.4, 0.5) is 5.69 Å². The van der Waals surface area contributed by atoms with Crippen LogP contribution in [-0.4, -0.2) is 50.0 Å². The van der Waals surface area contributed by atoms with Crippen molar-refractivity contribution in [1.82, 2.24) is 10.2 Å². The summed E-state index contributed by atoms with van der Waals surface area (Å²) in [4.78, 5) is 29.1. The van der Waals surface area contributed by atoms with Crippen LogP contribution in [0.1, 0.15) is 49.8 Å². The van der Waals surface area contributed by atoms with Crippen molar-refractivity contribution in [3.8, 4) is 0 Å². The van der Waals surface area contributed by atoms with E-state index in [1.807, 2.05) is 75.4 Å². The lowest BCUT2D eigenvalue weighted by Gasteiger charge is -2.32. The monoisotopic (exact) mass is 597 g/mol. The lowest BCUT2D eigenvalue weighted by molar-refractivity contribution is -0.141. The molecule has 0 saturated carbocycles. The van der Waals surface area contributed by atoms with E-state index in [9.17, 15) is 18.0 Å². The highest BCUT2D eigenvalue weighted by Crippen LogP contribution is 2.21. The van der Waals surface area contributed by atoms with E-state index >= 15 is 0 Å². The summed E-state index contributed by atoms with van der Waals surface area (Å²) in [6.45, 7) is 6.23. The zero-order valence-electron chi connectivity index (χ0n) is 24.2. The fourth-order valence-corrected chi connectivity index (χ4v) is 5.59. The van der Waals surface area contributed by atoms with E-state index in [2.05, 4.69) is 5.32 Å². The number of sulfonamides is 1. The number of aryl methyl sites for hydroxylation is 1. The average Bonchev–Trinajstić information content (AvgIpc) is 2.94. The topological polar surface area (TPSA) is 86.8 Å². The van der Waals surface area contributed by atoms with Crippen molar-refractivity contribution in [3.05, 3.63) is 101 Å². The molecule has 0 aromatic heterocycles. The van der Waals surface area contributed by atoms with Gasteiger partial charge in [0.1, 0.15) is 6.04 Å². The van der Waals surface area contributed by atoms with E-state index in [1.165, 1.54) is 4.31 Å². The van der Waals surface area contributed by atoms with Crippen molar-refractivity contribution < 1.29 is 18.0 Å². The van der Waals surface area contributed by atoms with Crippen LogP contribution in [-0.2, 0) is 32.6 Å². The van der Waals surface area contributed by atoms with Gasteiger partial charge in [-0.25, -0.2) is 8.42 Å². The molecular formula is C32H40ClN3O4S. The first kappa shape index (κ1) is 32.2. The van der Waals surface area contributed by atoms with Crippen LogP contribution in [0.25, 0.3) is 0 Å². The Kier molecular flexibility index (Phi) is 11.8. The molecule has 0 fully saturated rings. The van der Waals surface area contributed by atoms with Gasteiger partial charge < -0.3 is 10.2 Å². The van der Waals surface area contributed by atoms with Crippen molar-refractivity contribution >= 4 is 39.1 Å². The molecule has 3 rings (SSSR count). The highest BCUT2D eigenvalue weighted by atomic mass is 35.5. The Balaban J connectivity index is 1.88. The fraction of sp³-hybridized carbons (Fsp3) is 0.375. The molecule has 0 aliphatic rings. The molecule has 0 saturated heterocycles. The van der Waals surface area contributed by atoms with Gasteiger partial charge in [-0.1, -0.05) is 78.7 Å². The molecular weight excluding hydrogens is 558 g/mol. The summed E-state index contributed by atoms with van der Waals surface area (Å²) in [5, 5.41) is 3.64. The molecule has 0 radical (unpaired) electrons. The molecule has 0 unspecified atom stereocenters. The fourth-order valence-electron chi connectivity index (χ4n) is 4.50. The molecule has 0 spiro atoms. The third-order valence-electron chi connectivity index (χ3n) is 7.01. The second-order valence-electron chi connectivity index (χ2n) is 10.4. The van der Waals surface area contributed by atoms with Crippen LogP contribution < -0.4 is 9.62 Å². The highest BCUT2D eigenvalue weighted by molar-refractivity contribution is 7.92. The number of amides is 2. The normalized spacial score (nSPS) is 12.8. The summed E-state index contributed by atoms with van der Waals surface area (Å²) in [7, 11) is -3.56. The zero-order chi connectivity index (χ0) is 30.0. The van der Waals surface area contributed by atoms with Crippen molar-refractivity contribution in [2.24, 2.45) is 0 Å². The Hall–Kier alpha value is -3.36. The van der Waals surface area contributed by atoms with Crippen molar-refractivity contribution in [2.45, 2.75) is 65.1 Å². The van der Waals surface area contributed by atoms with Crippen LogP contribution in [0, 0.1) is 6.92 Å². The molecule has 1 N–H and O–H groups in total. The van der Waals surface area contributed by atoms with Crippen molar-refractivity contribution in [3.63, 3.8) is 0 Å². The molecule has 3 aromatic carbocycles. The maximum atomic E-state index is 13.9. The van der Waals surface area contributed by atoms with E-state index in [1.54, 1.807) is 29.2 Å². The maximum Gasteiger partial charge on any atom is 0.243 e. The number of anilines is 1. The molecule has 3 aromatic rings. The Labute approximate surface area is 249 Å². The number of nitrogens with one attached hydrogen (secondary N) is 1. The number of halogens is 1. The van der Waals surface area contributed by atoms with Crippen LogP contribution >= 0.6 is 11.6 Å². The quantitative estimate of drug-likeness (QED) is 0.256. The van der Waals surface area contributed by atoms with Gasteiger partial charge in [0, 0.05) is 37.0 Å². The van der Waals surface area contributed by atoms with E-state index in [0.717, 1.165) is 29.4 Å². The highest BCUT2D eigenvalue weighted by Gasteiger charge is 2.31. The molecule has 2 amide bonds. The molecule has 41 heavy (non-hydrogen) atoms. The predicted molar refractivity (Wildman–Crippen MR) is 166 cm³/mol. The number of benzene rings is 3. The number of carbonyl (C=O) groups excluding carboxylic acids is 2. The van der Waals surface area contributed by atoms with Gasteiger partial charge in [0.25, 0.3) is 0 Å². The molecule has 2 atom stereocenters. The van der Waals surface area contributed by atoms with E-state index in [0.29, 0.717) is 23.6 Å². The first-order chi connectivity index (χ1) is 19.5. The van der Waals surface area contributed by atoms with E-state index in [-0.39, 0.29) is 37.4 Å². The minimum atomic E-state index is -3.56. The number of hydrogen-bond donors (Lipinski definition) is 1. The second kappa shape index (κ2) is 15.0. The molecule has 7 nitrogen and oxygen atoms in total. The van der Waals surface area contributed by atoms with Gasteiger partial charge in [-0.3, -0.25) is 13.9 Å². The molecule has 0 aliphatic carbocycles. The summed E-state index contributed by atoms with van der Waals surface area (Å²) in [5.41, 5.74) is 3.36. The third-order valence-corrected chi connectivity index (χ3v) is 8.46. The lowest BCUT2D eigenvalue weighted by atomic mass is 10.0. The molecule has 9 heteroatoms. The number of rotatable bonds is 14. The van der Waals surface area contributed by atoms with Crippen molar-refractivity contribution in [1.29, 1.82) is 0 Å². The lowest BCUT2D eigenvalue weighted by Crippen LogP contribution is -2.52. The summed E-state index contributed by atoms with van der Waals surface area (Å²) >= 11 is 6.10. The largest absolute Gasteiger partial charge is 0.352 e. The number of carbonyl (C=O) groups is 2. The van der Waals surface area contributed by atoms with Gasteiger partial charge in [0.2, 0.25) is 21.8 Å².